The Kier molecular flexibility index (Phi) is 24.4. The molecule has 20 rings (SSSR count). The number of aliphatic hydroxyl groups excluding tert-OH is 1. The van der Waals surface area contributed by atoms with E-state index in [0.717, 1.165) is 114 Å². The van der Waals surface area contributed by atoms with Crippen LogP contribution in [-0.4, -0.2) is 96.2 Å². The Hall–Kier alpha value is -17.1. The van der Waals surface area contributed by atoms with E-state index in [4.69, 9.17) is 51.9 Å². The van der Waals surface area contributed by atoms with Crippen LogP contribution < -0.4 is 39.1 Å². The second-order valence-electron chi connectivity index (χ2n) is 29.1. The minimum Gasteiger partial charge on any atom is -0.390 e. The third-order valence-corrected chi connectivity index (χ3v) is 21.4. The molecule has 0 aliphatic carbocycles. The number of aromatic amines is 2. The van der Waals surface area contributed by atoms with Crippen molar-refractivity contribution in [2.24, 2.45) is 7.05 Å². The molecule has 0 saturated carbocycles. The quantitative estimate of drug-likeness (QED) is 0.0596. The number of hydrogen-bond donors (Lipinski definition) is 8. The van der Waals surface area contributed by atoms with E-state index in [9.17, 15) is 25.7 Å². The Balaban J connectivity index is 0.000000117. The third-order valence-electron chi connectivity index (χ3n) is 20.8. The first kappa shape index (κ1) is 83.5. The minimum absolute atomic E-state index is 0.0341. The second-order valence-corrected chi connectivity index (χ2v) is 30.0. The van der Waals surface area contributed by atoms with Crippen molar-refractivity contribution in [3.8, 4) is 120 Å². The highest BCUT2D eigenvalue weighted by Gasteiger charge is 2.26. The van der Waals surface area contributed by atoms with Gasteiger partial charge in [0, 0.05) is 130 Å². The number of pyridine rings is 4. The predicted octanol–water partition coefficient (Wildman–Crippen LogP) is 17.4. The summed E-state index contributed by atoms with van der Waals surface area (Å²) in [5.41, 5.74) is 50.1. The largest absolute Gasteiger partial charge is 0.390 e. The van der Waals surface area contributed by atoms with Crippen molar-refractivity contribution in [1.82, 2.24) is 84.5 Å². The Labute approximate surface area is 736 Å². The van der Waals surface area contributed by atoms with E-state index < -0.39 is 0 Å². The van der Waals surface area contributed by atoms with Crippen LogP contribution in [0.5, 0.6) is 0 Å². The summed E-state index contributed by atoms with van der Waals surface area (Å²) >= 11 is 12.8. The average Bonchev–Trinajstić information content (AvgIpc) is 1.76. The van der Waals surface area contributed by atoms with Crippen molar-refractivity contribution in [2.45, 2.75) is 33.4 Å². The van der Waals surface area contributed by atoms with Gasteiger partial charge in [-0.25, -0.2) is 49.8 Å². The molecule has 1 aliphatic heterocycles. The van der Waals surface area contributed by atoms with Gasteiger partial charge in [-0.15, -0.1) is 0 Å². The Morgan fingerprint density at radius 2 is 0.969 bits per heavy atom. The maximum atomic E-state index is 12.1. The number of benzene rings is 8. The number of aryl methyl sites for hydroxylation is 3. The Morgan fingerprint density at radius 1 is 0.457 bits per heavy atom. The van der Waals surface area contributed by atoms with Gasteiger partial charge in [0.1, 0.15) is 52.6 Å². The number of hydrogen-bond acceptors (Lipinski definition) is 25. The zero-order valence-corrected chi connectivity index (χ0v) is 69.7. The summed E-state index contributed by atoms with van der Waals surface area (Å²) in [6, 6.07) is 77.5. The number of aromatic nitrogens is 17. The molecule has 0 atom stereocenters. The molecule has 127 heavy (non-hydrogen) atoms. The van der Waals surface area contributed by atoms with Crippen molar-refractivity contribution in [2.75, 3.05) is 40.1 Å². The smallest absolute Gasteiger partial charge is 0.257 e. The van der Waals surface area contributed by atoms with Crippen molar-refractivity contribution in [1.29, 1.82) is 15.8 Å². The zero-order chi connectivity index (χ0) is 88.4. The Bertz CT molecular complexity index is 7590. The molecule has 0 saturated heterocycles. The Morgan fingerprint density at radius 3 is 1.57 bits per heavy atom. The average molecular weight is 1710 g/mol. The maximum absolute atomic E-state index is 12.1. The lowest BCUT2D eigenvalue weighted by molar-refractivity contribution is 0.277. The number of fused-ring (bicyclic) bond motifs is 5. The molecule has 11 aromatic heterocycles. The lowest BCUT2D eigenvalue weighted by atomic mass is 10.0. The first-order chi connectivity index (χ1) is 61.8. The van der Waals surface area contributed by atoms with Crippen LogP contribution in [0.2, 0.25) is 10.0 Å². The van der Waals surface area contributed by atoms with Crippen LogP contribution in [0.15, 0.2) is 273 Å². The number of nitriles is 3. The molecular formula is C97H74Cl2N26O2. The fraction of sp³-hybridized carbons (Fsp3) is 0.0722. The van der Waals surface area contributed by atoms with Crippen LogP contribution in [0, 0.1) is 47.8 Å². The van der Waals surface area contributed by atoms with Gasteiger partial charge in [-0.1, -0.05) is 169 Å². The zero-order valence-electron chi connectivity index (χ0n) is 68.2. The fourth-order valence-electron chi connectivity index (χ4n) is 14.6. The highest BCUT2D eigenvalue weighted by Crippen LogP contribution is 2.41. The van der Waals surface area contributed by atoms with Gasteiger partial charge in [0.25, 0.3) is 5.56 Å². The number of rotatable bonds is 11. The summed E-state index contributed by atoms with van der Waals surface area (Å²) in [7, 11) is 1.83. The summed E-state index contributed by atoms with van der Waals surface area (Å²) < 4.78 is 1.68. The van der Waals surface area contributed by atoms with Crippen LogP contribution in [-0.2, 0) is 26.6 Å². The topological polar surface area (TPSA) is 459 Å². The van der Waals surface area contributed by atoms with Crippen molar-refractivity contribution >= 4 is 102 Å². The molecule has 8 aromatic carbocycles. The molecule has 0 amide bonds. The molecule has 0 spiro atoms. The number of nitrogens with two attached hydrogens (primary N) is 5. The molecule has 13 N–H and O–H groups in total. The molecular weight excluding hydrogens is 1630 g/mol. The normalized spacial score (nSPS) is 11.3. The van der Waals surface area contributed by atoms with Gasteiger partial charge in [0.15, 0.2) is 40.4 Å². The van der Waals surface area contributed by atoms with Crippen molar-refractivity contribution < 1.29 is 5.11 Å². The van der Waals surface area contributed by atoms with E-state index in [2.05, 4.69) is 90.8 Å². The van der Waals surface area contributed by atoms with E-state index in [1.807, 2.05) is 258 Å². The summed E-state index contributed by atoms with van der Waals surface area (Å²) in [5.74, 6) is 1.82. The summed E-state index contributed by atoms with van der Waals surface area (Å²) in [4.78, 5) is 78.1. The van der Waals surface area contributed by atoms with Gasteiger partial charge in [-0.3, -0.25) is 24.4 Å². The highest BCUT2D eigenvalue weighted by atomic mass is 35.5. The lowest BCUT2D eigenvalue weighted by Crippen LogP contribution is -2.32. The van der Waals surface area contributed by atoms with Crippen LogP contribution in [0.4, 0.5) is 34.9 Å². The van der Waals surface area contributed by atoms with Gasteiger partial charge in [0.2, 0.25) is 0 Å². The number of H-pyrrole nitrogens is 2. The number of aliphatic hydroxyl groups is 1. The van der Waals surface area contributed by atoms with Crippen LogP contribution >= 0.6 is 23.2 Å². The van der Waals surface area contributed by atoms with Crippen LogP contribution in [0.1, 0.15) is 45.2 Å². The van der Waals surface area contributed by atoms with Crippen LogP contribution in [0.25, 0.3) is 145 Å². The molecule has 28 nitrogen and oxygen atoms in total. The van der Waals surface area contributed by atoms with Gasteiger partial charge in [-0.2, -0.15) is 20.9 Å². The number of nitrogens with zero attached hydrogens (tertiary/aromatic N) is 19. The lowest BCUT2D eigenvalue weighted by Gasteiger charge is -2.30. The maximum Gasteiger partial charge on any atom is 0.257 e. The summed E-state index contributed by atoms with van der Waals surface area (Å²) in [5, 5.41) is 46.9. The fourth-order valence-corrected chi connectivity index (χ4v) is 15.2. The SMILES string of the molecule is Cc1c[nH]c2c(Cl)cc(-c3nc(C#N)c(N)nc3-c3ccccc3)cc12.Cc1ccnc2ccc(-c3nc(C#N)c(N)nc3-c3ccn(C)n3)cc12.N#Cc1nc(-c2cc(Cl)c3c(=O)[nH]ccc3c2)c(-c2ccccc2)nc1N.Nc1cnc(N2CCc3ncccc3C2)c(-c2ccccc2)n1.Nc1nc(-c2ccccc2)c(-c2ccc3ncccc3c2)nc1CO. The van der Waals surface area contributed by atoms with E-state index in [1.165, 1.54) is 11.3 Å². The van der Waals surface area contributed by atoms with Crippen LogP contribution in [0.3, 0.4) is 0 Å². The monoisotopic (exact) mass is 1700 g/mol. The highest BCUT2D eigenvalue weighted by molar-refractivity contribution is 6.36. The molecule has 0 unspecified atom stereocenters. The van der Waals surface area contributed by atoms with Gasteiger partial charge < -0.3 is 48.6 Å². The molecule has 0 bridgehead atoms. The first-order valence-corrected chi connectivity index (χ1v) is 40.4. The molecule has 0 radical (unpaired) electrons. The number of nitrogens with one attached hydrogen (secondary N) is 2. The summed E-state index contributed by atoms with van der Waals surface area (Å²) in [6.07, 6.45) is 13.2. The minimum atomic E-state index is -0.270. The standard InChI is InChI=1S/C20H12ClN5O.C20H14ClN5.C20H16N4O.C19H15N7.C18H17N5/c21-14-9-13(8-12-6-7-24-20(27)16(12)14)18-17(11-4-2-1-3-5-11)26-19(23)15(10-22)25-18;1-11-10-24-19-14(11)7-13(8-15(19)21)18-17(12-5-3-2-4-6-12)26-20(23)16(9-22)25-18;21-20-17(12-25)23-19(18(24-20)13-5-2-1-3-6-13)15-8-9-16-14(11-15)7-4-10-22-16;1-11-5-7-22-14-4-3-12(9-13(11)14)17-18(15-6-8-26(2)25-15)24-19(21)16(10-20)23-17;19-16-11-21-18(17(22-16)13-5-2-1-3-6-13)23-10-8-15-14(12-23)7-4-9-20-15/h1-9H,(H2,23,26)(H,24,27);2-8,10,24H,1H3,(H2,23,26);1-11,25H,12H2,(H2,21,24);3-9H,1-2H3,(H2,21,24);1-7,9,11H,8,10,12H2,(H2,19,22). The van der Waals surface area contributed by atoms with E-state index >= 15 is 0 Å². The number of nitrogen functional groups attached to an aromatic ring is 5. The summed E-state index contributed by atoms with van der Waals surface area (Å²) in [6.45, 7) is 5.45. The molecule has 12 heterocycles. The molecule has 19 aromatic rings. The molecule has 0 fully saturated rings. The van der Waals surface area contributed by atoms with E-state index in [1.54, 1.807) is 47.7 Å². The van der Waals surface area contributed by atoms with Gasteiger partial charge >= 0.3 is 0 Å². The number of anilines is 6. The second kappa shape index (κ2) is 37.1. The first-order valence-electron chi connectivity index (χ1n) is 39.6. The molecule has 30 heteroatoms. The van der Waals surface area contributed by atoms with Gasteiger partial charge in [-0.05, 0) is 115 Å². The van der Waals surface area contributed by atoms with Gasteiger partial charge in [0.05, 0.1) is 84.6 Å². The molecule has 618 valence electrons. The molecule has 1 aliphatic rings. The number of halogens is 2. The van der Waals surface area contributed by atoms with E-state index in [0.29, 0.717) is 89.1 Å². The van der Waals surface area contributed by atoms with Crippen molar-refractivity contribution in [3.05, 3.63) is 333 Å². The predicted molar refractivity (Wildman–Crippen MR) is 497 cm³/mol. The third kappa shape index (κ3) is 18.0. The van der Waals surface area contributed by atoms with Crippen molar-refractivity contribution in [3.63, 3.8) is 0 Å². The van der Waals surface area contributed by atoms with E-state index in [-0.39, 0.29) is 52.5 Å².